The lowest BCUT2D eigenvalue weighted by molar-refractivity contribution is -0.143. The molecule has 0 radical (unpaired) electrons. The molecule has 0 aliphatic heterocycles. The third kappa shape index (κ3) is 7.16. The topological polar surface area (TPSA) is 107 Å². The predicted octanol–water partition coefficient (Wildman–Crippen LogP) is 3.37. The first-order valence-corrected chi connectivity index (χ1v) is 11.2. The van der Waals surface area contributed by atoms with Gasteiger partial charge in [0.25, 0.3) is 0 Å². The second kappa shape index (κ2) is 11.0. The summed E-state index contributed by atoms with van der Waals surface area (Å²) in [6, 6.07) is 7.86. The molecule has 0 unspecified atom stereocenters. The van der Waals surface area contributed by atoms with Gasteiger partial charge in [-0.1, -0.05) is 84.9 Å². The summed E-state index contributed by atoms with van der Waals surface area (Å²) >= 11 is 0. The second-order valence-electron chi connectivity index (χ2n) is 10.6. The summed E-state index contributed by atoms with van der Waals surface area (Å²) in [5.74, 6) is -2.08. The van der Waals surface area contributed by atoms with Crippen molar-refractivity contribution in [3.8, 4) is 0 Å². The molecule has 184 valence electrons. The molecule has 2 amide bonds. The molecule has 7 heteroatoms. The first kappa shape index (κ1) is 28.4. The molecule has 1 rings (SSSR count). The zero-order valence-corrected chi connectivity index (χ0v) is 21.3. The van der Waals surface area contributed by atoms with Gasteiger partial charge in [-0.2, -0.15) is 0 Å². The Hall–Kier alpha value is -2.67. The SMILES string of the molecule is CC(=C[C@H](C(C)C)N(C)C(=O)[C@@H](NC(=O)[C@H](O)C(C)(C)c1ccccc1)C(C)(C)C)C(=O)O. The Kier molecular flexibility index (Phi) is 9.43. The summed E-state index contributed by atoms with van der Waals surface area (Å²) in [6.45, 7) is 14.3. The number of carbonyl (C=O) groups excluding carboxylic acids is 2. The van der Waals surface area contributed by atoms with Crippen LogP contribution in [0.4, 0.5) is 0 Å². The molecule has 7 nitrogen and oxygen atoms in total. The van der Waals surface area contributed by atoms with Crippen LogP contribution in [0, 0.1) is 11.3 Å². The van der Waals surface area contributed by atoms with Crippen LogP contribution in [0.25, 0.3) is 0 Å². The lowest BCUT2D eigenvalue weighted by Crippen LogP contribution is -2.59. The van der Waals surface area contributed by atoms with E-state index in [9.17, 15) is 24.6 Å². The first-order valence-electron chi connectivity index (χ1n) is 11.2. The van der Waals surface area contributed by atoms with Crippen LogP contribution in [0.1, 0.15) is 61.0 Å². The molecule has 0 spiro atoms. The minimum absolute atomic E-state index is 0.0489. The minimum atomic E-state index is -1.38. The van der Waals surface area contributed by atoms with Crippen molar-refractivity contribution in [2.75, 3.05) is 7.05 Å². The highest BCUT2D eigenvalue weighted by atomic mass is 16.4. The van der Waals surface area contributed by atoms with Crippen LogP contribution >= 0.6 is 0 Å². The molecule has 0 heterocycles. The fourth-order valence-electron chi connectivity index (χ4n) is 3.65. The molecular formula is C26H40N2O5. The number of carboxylic acids is 1. The number of rotatable bonds is 9. The van der Waals surface area contributed by atoms with Crippen molar-refractivity contribution < 1.29 is 24.6 Å². The monoisotopic (exact) mass is 460 g/mol. The minimum Gasteiger partial charge on any atom is -0.478 e. The first-order chi connectivity index (χ1) is 15.0. The number of amides is 2. The Labute approximate surface area is 197 Å². The van der Waals surface area contributed by atoms with Crippen molar-refractivity contribution >= 4 is 17.8 Å². The van der Waals surface area contributed by atoms with Gasteiger partial charge in [-0.25, -0.2) is 4.79 Å². The van der Waals surface area contributed by atoms with E-state index in [2.05, 4.69) is 5.32 Å². The quantitative estimate of drug-likeness (QED) is 0.490. The van der Waals surface area contributed by atoms with Crippen LogP contribution < -0.4 is 5.32 Å². The number of nitrogens with one attached hydrogen (secondary N) is 1. The third-order valence-electron chi connectivity index (χ3n) is 6.09. The van der Waals surface area contributed by atoms with Gasteiger partial charge in [-0.3, -0.25) is 9.59 Å². The number of hydrogen-bond acceptors (Lipinski definition) is 4. The van der Waals surface area contributed by atoms with E-state index >= 15 is 0 Å². The van der Waals surface area contributed by atoms with Crippen molar-refractivity contribution in [1.82, 2.24) is 10.2 Å². The summed E-state index contributed by atoms with van der Waals surface area (Å²) in [5.41, 5.74) is -0.572. The maximum Gasteiger partial charge on any atom is 0.331 e. The summed E-state index contributed by atoms with van der Waals surface area (Å²) < 4.78 is 0. The number of aliphatic hydroxyl groups is 1. The normalized spacial score (nSPS) is 15.5. The maximum absolute atomic E-state index is 13.5. The average molecular weight is 461 g/mol. The number of aliphatic hydroxyl groups excluding tert-OH is 1. The molecule has 1 aromatic carbocycles. The van der Waals surface area contributed by atoms with Crippen LogP contribution in [0.5, 0.6) is 0 Å². The highest BCUT2D eigenvalue weighted by Crippen LogP contribution is 2.29. The van der Waals surface area contributed by atoms with Gasteiger partial charge in [0, 0.05) is 18.0 Å². The van der Waals surface area contributed by atoms with E-state index in [0.717, 1.165) is 5.56 Å². The van der Waals surface area contributed by atoms with Crippen molar-refractivity contribution in [1.29, 1.82) is 0 Å². The van der Waals surface area contributed by atoms with Crippen LogP contribution in [-0.2, 0) is 19.8 Å². The van der Waals surface area contributed by atoms with Crippen molar-refractivity contribution in [3.05, 3.63) is 47.5 Å². The highest BCUT2D eigenvalue weighted by molar-refractivity contribution is 5.91. The van der Waals surface area contributed by atoms with E-state index < -0.39 is 40.9 Å². The zero-order chi connectivity index (χ0) is 25.7. The number of aliphatic carboxylic acids is 1. The number of carbonyl (C=O) groups is 3. The van der Waals surface area contributed by atoms with Gasteiger partial charge < -0.3 is 20.4 Å². The van der Waals surface area contributed by atoms with E-state index in [0.29, 0.717) is 0 Å². The van der Waals surface area contributed by atoms with Crippen molar-refractivity contribution in [2.45, 2.75) is 79.0 Å². The Morgan fingerprint density at radius 1 is 1.03 bits per heavy atom. The molecule has 0 saturated heterocycles. The second-order valence-corrected chi connectivity index (χ2v) is 10.6. The predicted molar refractivity (Wildman–Crippen MR) is 130 cm³/mol. The van der Waals surface area contributed by atoms with Crippen LogP contribution in [0.15, 0.2) is 42.0 Å². The van der Waals surface area contributed by atoms with Gasteiger partial charge in [0.1, 0.15) is 12.1 Å². The fourth-order valence-corrected chi connectivity index (χ4v) is 3.65. The molecule has 1 aromatic rings. The maximum atomic E-state index is 13.5. The summed E-state index contributed by atoms with van der Waals surface area (Å²) in [6.07, 6.45) is 0.178. The molecule has 0 bridgehead atoms. The van der Waals surface area contributed by atoms with Gasteiger partial charge in [0.2, 0.25) is 11.8 Å². The Morgan fingerprint density at radius 3 is 1.97 bits per heavy atom. The standard InChI is InChI=1S/C26H40N2O5/c1-16(2)19(15-17(3)24(32)33)28(9)23(31)20(25(4,5)6)27-22(30)21(29)26(7,8)18-13-11-10-12-14-18/h10-16,19-21,29H,1-9H3,(H,27,30)(H,32,33)/t19-,20-,21+/m1/s1. The van der Waals surface area contributed by atoms with Crippen LogP contribution in [0.3, 0.4) is 0 Å². The molecule has 0 saturated carbocycles. The summed E-state index contributed by atoms with van der Waals surface area (Å²) in [4.78, 5) is 39.4. The Bertz CT molecular complexity index is 868. The van der Waals surface area contributed by atoms with Crippen molar-refractivity contribution in [2.24, 2.45) is 11.3 Å². The largest absolute Gasteiger partial charge is 0.478 e. The lowest BCUT2D eigenvalue weighted by Gasteiger charge is -2.39. The average Bonchev–Trinajstić information content (AvgIpc) is 2.73. The van der Waals surface area contributed by atoms with E-state index in [4.69, 9.17) is 0 Å². The molecular weight excluding hydrogens is 420 g/mol. The zero-order valence-electron chi connectivity index (χ0n) is 21.3. The van der Waals surface area contributed by atoms with Gasteiger partial charge >= 0.3 is 5.97 Å². The Balaban J connectivity index is 3.22. The van der Waals surface area contributed by atoms with Crippen molar-refractivity contribution in [3.63, 3.8) is 0 Å². The fraction of sp³-hybridized carbons (Fsp3) is 0.577. The summed E-state index contributed by atoms with van der Waals surface area (Å²) in [7, 11) is 1.61. The molecule has 3 atom stereocenters. The molecule has 0 fully saturated rings. The number of benzene rings is 1. The number of hydrogen-bond donors (Lipinski definition) is 3. The summed E-state index contributed by atoms with van der Waals surface area (Å²) in [5, 5.41) is 22.9. The van der Waals surface area contributed by atoms with Gasteiger partial charge in [-0.15, -0.1) is 0 Å². The lowest BCUT2D eigenvalue weighted by atomic mass is 9.78. The number of nitrogens with zero attached hydrogens (tertiary/aromatic N) is 1. The molecule has 3 N–H and O–H groups in total. The van der Waals surface area contributed by atoms with E-state index in [-0.39, 0.29) is 17.4 Å². The highest BCUT2D eigenvalue weighted by Gasteiger charge is 2.41. The third-order valence-corrected chi connectivity index (χ3v) is 6.09. The smallest absolute Gasteiger partial charge is 0.331 e. The van der Waals surface area contributed by atoms with E-state index in [1.165, 1.54) is 11.8 Å². The van der Waals surface area contributed by atoms with Crippen LogP contribution in [-0.4, -0.2) is 58.1 Å². The van der Waals surface area contributed by atoms with Gasteiger partial charge in [0.05, 0.1) is 6.04 Å². The van der Waals surface area contributed by atoms with Gasteiger partial charge in [0.15, 0.2) is 0 Å². The molecule has 0 aliphatic carbocycles. The van der Waals surface area contributed by atoms with Crippen LogP contribution in [0.2, 0.25) is 0 Å². The van der Waals surface area contributed by atoms with E-state index in [1.807, 2.05) is 65.0 Å². The molecule has 33 heavy (non-hydrogen) atoms. The Morgan fingerprint density at radius 2 is 1.55 bits per heavy atom. The molecule has 0 aromatic heterocycles. The van der Waals surface area contributed by atoms with Gasteiger partial charge in [-0.05, 0) is 23.8 Å². The van der Waals surface area contributed by atoms with E-state index in [1.54, 1.807) is 27.0 Å². The number of carboxylic acid groups (broad SMARTS) is 1. The number of likely N-dealkylation sites (N-methyl/N-ethyl adjacent to an activating group) is 1. The molecule has 0 aliphatic rings.